The fraction of sp³-hybridized carbons (Fsp3) is 0.727. The minimum Gasteiger partial charge on any atom is -0.332 e. The van der Waals surface area contributed by atoms with E-state index in [0.717, 1.165) is 12.8 Å². The fourth-order valence-corrected chi connectivity index (χ4v) is 3.24. The van der Waals surface area contributed by atoms with Crippen molar-refractivity contribution in [3.8, 4) is 0 Å². The van der Waals surface area contributed by atoms with Crippen molar-refractivity contribution in [1.82, 2.24) is 14.3 Å². The molecule has 0 atom stereocenters. The van der Waals surface area contributed by atoms with E-state index in [-0.39, 0.29) is 5.03 Å². The minimum atomic E-state index is -3.38. The van der Waals surface area contributed by atoms with E-state index in [1.165, 1.54) is 10.5 Å². The van der Waals surface area contributed by atoms with Gasteiger partial charge in [0.25, 0.3) is 10.0 Å². The number of hydrogen-bond acceptors (Lipinski definition) is 3. The average molecular weight is 257 g/mol. The molecule has 2 rings (SSSR count). The van der Waals surface area contributed by atoms with Gasteiger partial charge in [0.05, 0.1) is 6.20 Å². The minimum absolute atomic E-state index is 0.219. The number of sulfonamides is 1. The van der Waals surface area contributed by atoms with Crippen LogP contribution < -0.4 is 0 Å². The van der Waals surface area contributed by atoms with E-state index in [4.69, 9.17) is 0 Å². The van der Waals surface area contributed by atoms with E-state index in [1.807, 2.05) is 13.8 Å². The van der Waals surface area contributed by atoms with Crippen molar-refractivity contribution in [2.45, 2.75) is 38.1 Å². The first-order chi connectivity index (χ1) is 8.07. The first-order valence-electron chi connectivity index (χ1n) is 6.12. The molecular formula is C11H19N3O2S. The molecule has 1 aromatic rings. The maximum absolute atomic E-state index is 12.3. The second kappa shape index (κ2) is 4.78. The van der Waals surface area contributed by atoms with Gasteiger partial charge >= 0.3 is 0 Å². The van der Waals surface area contributed by atoms with Crippen LogP contribution in [0.4, 0.5) is 0 Å². The molecule has 0 amide bonds. The number of nitrogens with zero attached hydrogens (tertiary/aromatic N) is 2. The van der Waals surface area contributed by atoms with E-state index in [0.29, 0.717) is 31.3 Å². The highest BCUT2D eigenvalue weighted by Crippen LogP contribution is 2.31. The van der Waals surface area contributed by atoms with Crippen molar-refractivity contribution in [2.75, 3.05) is 13.1 Å². The van der Waals surface area contributed by atoms with Crippen LogP contribution in [0.15, 0.2) is 11.2 Å². The summed E-state index contributed by atoms with van der Waals surface area (Å²) in [5, 5.41) is 0.219. The monoisotopic (exact) mass is 257 g/mol. The largest absolute Gasteiger partial charge is 0.332 e. The highest BCUT2D eigenvalue weighted by Gasteiger charge is 2.31. The number of aromatic amines is 1. The third-order valence-electron chi connectivity index (χ3n) is 3.07. The van der Waals surface area contributed by atoms with Crippen LogP contribution in [-0.4, -0.2) is 35.8 Å². The third kappa shape index (κ3) is 2.69. The van der Waals surface area contributed by atoms with Gasteiger partial charge in [-0.2, -0.15) is 4.31 Å². The molecule has 0 unspecified atom stereocenters. The third-order valence-corrected chi connectivity index (χ3v) is 4.92. The van der Waals surface area contributed by atoms with Crippen molar-refractivity contribution < 1.29 is 8.42 Å². The van der Waals surface area contributed by atoms with Gasteiger partial charge in [-0.1, -0.05) is 13.8 Å². The quantitative estimate of drug-likeness (QED) is 0.837. The molecule has 1 aliphatic carbocycles. The number of imidazole rings is 1. The summed E-state index contributed by atoms with van der Waals surface area (Å²) in [7, 11) is -3.38. The Hall–Kier alpha value is -0.880. The molecule has 1 aliphatic rings. The molecule has 1 N–H and O–H groups in total. The van der Waals surface area contributed by atoms with Gasteiger partial charge < -0.3 is 4.98 Å². The van der Waals surface area contributed by atoms with E-state index in [2.05, 4.69) is 9.97 Å². The lowest BCUT2D eigenvalue weighted by atomic mass is 10.4. The number of nitrogens with one attached hydrogen (secondary N) is 1. The highest BCUT2D eigenvalue weighted by atomic mass is 32.2. The van der Waals surface area contributed by atoms with Gasteiger partial charge in [-0.25, -0.2) is 13.4 Å². The van der Waals surface area contributed by atoms with Crippen LogP contribution in [0.3, 0.4) is 0 Å². The van der Waals surface area contributed by atoms with Gasteiger partial charge in [-0.3, -0.25) is 0 Å². The Balaban J connectivity index is 2.19. The molecule has 5 nitrogen and oxygen atoms in total. The zero-order valence-electron chi connectivity index (χ0n) is 10.3. The SMILES string of the molecule is CCc1ncc(S(=O)(=O)N(CC)CC2CC2)[nH]1. The molecule has 1 aromatic heterocycles. The zero-order chi connectivity index (χ0) is 12.5. The van der Waals surface area contributed by atoms with Crippen LogP contribution in [0.5, 0.6) is 0 Å². The maximum atomic E-state index is 12.3. The van der Waals surface area contributed by atoms with Crippen molar-refractivity contribution >= 4 is 10.0 Å². The van der Waals surface area contributed by atoms with Crippen molar-refractivity contribution in [3.63, 3.8) is 0 Å². The molecule has 1 fully saturated rings. The number of aryl methyl sites for hydroxylation is 1. The second-order valence-electron chi connectivity index (χ2n) is 4.45. The number of rotatable bonds is 6. The summed E-state index contributed by atoms with van der Waals surface area (Å²) in [4.78, 5) is 6.92. The summed E-state index contributed by atoms with van der Waals surface area (Å²) < 4.78 is 26.2. The van der Waals surface area contributed by atoms with Gasteiger partial charge in [-0.15, -0.1) is 0 Å². The normalized spacial score (nSPS) is 16.6. The second-order valence-corrected chi connectivity index (χ2v) is 6.35. The Morgan fingerprint density at radius 2 is 2.18 bits per heavy atom. The van der Waals surface area contributed by atoms with Crippen LogP contribution in [0.1, 0.15) is 32.5 Å². The molecule has 17 heavy (non-hydrogen) atoms. The Labute approximate surface area is 102 Å². The molecule has 1 saturated carbocycles. The number of aromatic nitrogens is 2. The summed E-state index contributed by atoms with van der Waals surface area (Å²) in [6.07, 6.45) is 4.43. The van der Waals surface area contributed by atoms with E-state index in [9.17, 15) is 8.42 Å². The van der Waals surface area contributed by atoms with E-state index < -0.39 is 10.0 Å². The molecule has 0 saturated heterocycles. The summed E-state index contributed by atoms with van der Waals surface area (Å²) >= 11 is 0. The predicted molar refractivity (Wildman–Crippen MR) is 65.1 cm³/mol. The lowest BCUT2D eigenvalue weighted by Crippen LogP contribution is -2.33. The lowest BCUT2D eigenvalue weighted by Gasteiger charge is -2.18. The van der Waals surface area contributed by atoms with Crippen LogP contribution in [0.2, 0.25) is 0 Å². The molecule has 0 bridgehead atoms. The van der Waals surface area contributed by atoms with Crippen LogP contribution in [0, 0.1) is 5.92 Å². The maximum Gasteiger partial charge on any atom is 0.260 e. The molecule has 96 valence electrons. The zero-order valence-corrected chi connectivity index (χ0v) is 11.1. The smallest absolute Gasteiger partial charge is 0.260 e. The van der Waals surface area contributed by atoms with Gasteiger partial charge in [0.1, 0.15) is 5.82 Å². The molecular weight excluding hydrogens is 238 g/mol. The number of hydrogen-bond donors (Lipinski definition) is 1. The van der Waals surface area contributed by atoms with Crippen LogP contribution in [0.25, 0.3) is 0 Å². The first kappa shape index (κ1) is 12.6. The van der Waals surface area contributed by atoms with Crippen molar-refractivity contribution in [2.24, 2.45) is 5.92 Å². The van der Waals surface area contributed by atoms with Crippen molar-refractivity contribution in [3.05, 3.63) is 12.0 Å². The Bertz CT molecular complexity index is 477. The lowest BCUT2D eigenvalue weighted by molar-refractivity contribution is 0.410. The van der Waals surface area contributed by atoms with Crippen LogP contribution in [-0.2, 0) is 16.4 Å². The number of H-pyrrole nitrogens is 1. The van der Waals surface area contributed by atoms with Gasteiger partial charge in [0.15, 0.2) is 5.03 Å². The standard InChI is InChI=1S/C11H19N3O2S/c1-3-10-12-7-11(13-10)17(15,16)14(4-2)8-9-5-6-9/h7,9H,3-6,8H2,1-2H3,(H,12,13). The first-order valence-corrected chi connectivity index (χ1v) is 7.56. The Morgan fingerprint density at radius 1 is 1.47 bits per heavy atom. The molecule has 0 spiro atoms. The fourth-order valence-electron chi connectivity index (χ4n) is 1.78. The molecule has 0 radical (unpaired) electrons. The van der Waals surface area contributed by atoms with Gasteiger partial charge in [0.2, 0.25) is 0 Å². The van der Waals surface area contributed by atoms with Gasteiger partial charge in [-0.05, 0) is 18.8 Å². The molecule has 0 aromatic carbocycles. The van der Waals surface area contributed by atoms with E-state index in [1.54, 1.807) is 0 Å². The predicted octanol–water partition coefficient (Wildman–Crippen LogP) is 1.39. The molecule has 0 aliphatic heterocycles. The van der Waals surface area contributed by atoms with Crippen LogP contribution >= 0.6 is 0 Å². The highest BCUT2D eigenvalue weighted by molar-refractivity contribution is 7.89. The summed E-state index contributed by atoms with van der Waals surface area (Å²) in [6.45, 7) is 4.96. The van der Waals surface area contributed by atoms with E-state index >= 15 is 0 Å². The average Bonchev–Trinajstić information content (AvgIpc) is 2.99. The summed E-state index contributed by atoms with van der Waals surface area (Å²) in [6, 6.07) is 0. The molecule has 1 heterocycles. The summed E-state index contributed by atoms with van der Waals surface area (Å²) in [5.74, 6) is 1.27. The topological polar surface area (TPSA) is 66.1 Å². The Kier molecular flexibility index (Phi) is 3.53. The molecule has 6 heteroatoms. The van der Waals surface area contributed by atoms with Crippen molar-refractivity contribution in [1.29, 1.82) is 0 Å². The summed E-state index contributed by atoms with van der Waals surface area (Å²) in [5.41, 5.74) is 0. The Morgan fingerprint density at radius 3 is 2.65 bits per heavy atom. The van der Waals surface area contributed by atoms with Gasteiger partial charge in [0, 0.05) is 19.5 Å².